The number of hydrogen-bond donors (Lipinski definition) is 1. The molecule has 25 heavy (non-hydrogen) atoms. The summed E-state index contributed by atoms with van der Waals surface area (Å²) in [6.45, 7) is 4.60. The molecule has 132 valence electrons. The van der Waals surface area contributed by atoms with E-state index in [0.29, 0.717) is 19.6 Å². The molecule has 0 fully saturated rings. The van der Waals surface area contributed by atoms with E-state index in [-0.39, 0.29) is 0 Å². The Bertz CT molecular complexity index is 695. The molecular weight excluding hydrogens is 318 g/mol. The summed E-state index contributed by atoms with van der Waals surface area (Å²) >= 11 is 0. The van der Waals surface area contributed by atoms with Crippen LogP contribution in [0, 0.1) is 0 Å². The average Bonchev–Trinajstić information content (AvgIpc) is 2.63. The third-order valence-electron chi connectivity index (χ3n) is 3.70. The molecule has 5 nitrogen and oxygen atoms in total. The molecule has 0 spiro atoms. The number of pyridine rings is 1. The third-order valence-corrected chi connectivity index (χ3v) is 3.70. The number of benzene rings is 1. The van der Waals surface area contributed by atoms with Gasteiger partial charge < -0.3 is 14.6 Å². The Labute approximate surface area is 147 Å². The van der Waals surface area contributed by atoms with Crippen molar-refractivity contribution in [2.24, 2.45) is 0 Å². The number of carbonyl (C=O) groups is 1. The second-order valence-corrected chi connectivity index (χ2v) is 5.54. The van der Waals surface area contributed by atoms with Gasteiger partial charge in [0.25, 0.3) is 0 Å². The van der Waals surface area contributed by atoms with Gasteiger partial charge in [0.1, 0.15) is 12.4 Å². The Morgan fingerprint density at radius 3 is 2.60 bits per heavy atom. The van der Waals surface area contributed by atoms with E-state index < -0.39 is 12.1 Å². The molecule has 0 radical (unpaired) electrons. The zero-order valence-corrected chi connectivity index (χ0v) is 14.5. The molecule has 0 saturated carbocycles. The number of hydrogen-bond acceptors (Lipinski definition) is 4. The largest absolute Gasteiger partial charge is 0.490 e. The summed E-state index contributed by atoms with van der Waals surface area (Å²) in [4.78, 5) is 15.4. The van der Waals surface area contributed by atoms with E-state index in [4.69, 9.17) is 14.6 Å². The van der Waals surface area contributed by atoms with Crippen LogP contribution in [0.4, 0.5) is 0 Å². The number of carboxylic acids is 1. The van der Waals surface area contributed by atoms with Gasteiger partial charge in [0.05, 0.1) is 5.69 Å². The predicted molar refractivity (Wildman–Crippen MR) is 96.6 cm³/mol. The number of aliphatic carboxylic acids is 1. The fourth-order valence-corrected chi connectivity index (χ4v) is 2.32. The second kappa shape index (κ2) is 9.59. The van der Waals surface area contributed by atoms with Gasteiger partial charge in [-0.1, -0.05) is 18.2 Å². The molecule has 1 aromatic heterocycles. The molecule has 1 heterocycles. The Kier molecular flexibility index (Phi) is 7.16. The fraction of sp³-hybridized carbons (Fsp3) is 0.300. The summed E-state index contributed by atoms with van der Waals surface area (Å²) in [5.74, 6) is -0.214. The van der Waals surface area contributed by atoms with E-state index in [0.717, 1.165) is 22.6 Å². The molecule has 0 aliphatic carbocycles. The van der Waals surface area contributed by atoms with Crippen LogP contribution in [0.5, 0.6) is 5.75 Å². The number of rotatable bonds is 9. The Morgan fingerprint density at radius 1 is 1.24 bits per heavy atom. The van der Waals surface area contributed by atoms with Crippen LogP contribution in [0.15, 0.2) is 54.7 Å². The highest BCUT2D eigenvalue weighted by Gasteiger charge is 2.17. The molecule has 0 saturated heterocycles. The number of allylic oxidation sites excluding steroid dienone is 1. The van der Waals surface area contributed by atoms with Crippen molar-refractivity contribution < 1.29 is 19.4 Å². The monoisotopic (exact) mass is 341 g/mol. The van der Waals surface area contributed by atoms with Crippen LogP contribution in [-0.2, 0) is 16.0 Å². The van der Waals surface area contributed by atoms with Gasteiger partial charge in [-0.3, -0.25) is 4.98 Å². The highest BCUT2D eigenvalue weighted by Crippen LogP contribution is 2.15. The molecule has 0 bridgehead atoms. The van der Waals surface area contributed by atoms with Gasteiger partial charge in [-0.25, -0.2) is 4.79 Å². The SMILES string of the molecule is CCO[C@@H](Cc1ccc(OC/C=C(/C)c2ccccn2)cc1)C(=O)O. The lowest BCUT2D eigenvalue weighted by atomic mass is 10.1. The lowest BCUT2D eigenvalue weighted by molar-refractivity contribution is -0.149. The van der Waals surface area contributed by atoms with Crippen molar-refractivity contribution in [2.75, 3.05) is 13.2 Å². The molecule has 0 aliphatic rings. The van der Waals surface area contributed by atoms with Gasteiger partial charge in [-0.2, -0.15) is 0 Å². The minimum Gasteiger partial charge on any atom is -0.490 e. The Hall–Kier alpha value is -2.66. The topological polar surface area (TPSA) is 68.7 Å². The molecule has 1 atom stereocenters. The van der Waals surface area contributed by atoms with Crippen LogP contribution in [0.2, 0.25) is 0 Å². The van der Waals surface area contributed by atoms with Crippen LogP contribution in [0.3, 0.4) is 0 Å². The molecule has 2 rings (SSSR count). The fourth-order valence-electron chi connectivity index (χ4n) is 2.32. The first-order chi connectivity index (χ1) is 12.1. The minimum atomic E-state index is -0.947. The third kappa shape index (κ3) is 6.04. The Morgan fingerprint density at radius 2 is 2.00 bits per heavy atom. The van der Waals surface area contributed by atoms with Crippen molar-refractivity contribution >= 4 is 11.5 Å². The number of nitrogens with zero attached hydrogens (tertiary/aromatic N) is 1. The van der Waals surface area contributed by atoms with E-state index in [2.05, 4.69) is 4.98 Å². The first kappa shape index (κ1) is 18.7. The zero-order valence-electron chi connectivity index (χ0n) is 14.5. The Balaban J connectivity index is 1.89. The summed E-state index contributed by atoms with van der Waals surface area (Å²) in [5, 5.41) is 9.12. The quantitative estimate of drug-likeness (QED) is 0.755. The van der Waals surface area contributed by atoms with Gasteiger partial charge >= 0.3 is 5.97 Å². The first-order valence-corrected chi connectivity index (χ1v) is 8.24. The van der Waals surface area contributed by atoms with Gasteiger partial charge in [0.2, 0.25) is 0 Å². The molecular formula is C20H23NO4. The lowest BCUT2D eigenvalue weighted by Crippen LogP contribution is -2.26. The maximum atomic E-state index is 11.1. The van der Waals surface area contributed by atoms with Crippen molar-refractivity contribution in [3.63, 3.8) is 0 Å². The standard InChI is InChI=1S/C20H23NO4/c1-3-24-19(20(22)23)14-16-7-9-17(10-8-16)25-13-11-15(2)18-6-4-5-12-21-18/h4-12,19H,3,13-14H2,1-2H3,(H,22,23)/b15-11-/t19-/m0/s1. The van der Waals surface area contributed by atoms with Crippen molar-refractivity contribution in [1.82, 2.24) is 4.98 Å². The van der Waals surface area contributed by atoms with Gasteiger partial charge in [-0.15, -0.1) is 0 Å². The summed E-state index contributed by atoms with van der Waals surface area (Å²) in [5.41, 5.74) is 2.88. The van der Waals surface area contributed by atoms with Crippen LogP contribution < -0.4 is 4.74 Å². The number of ether oxygens (including phenoxy) is 2. The van der Waals surface area contributed by atoms with Crippen molar-refractivity contribution in [1.29, 1.82) is 0 Å². The molecule has 2 aromatic rings. The molecule has 1 N–H and O–H groups in total. The van der Waals surface area contributed by atoms with Crippen LogP contribution in [0.25, 0.3) is 5.57 Å². The smallest absolute Gasteiger partial charge is 0.333 e. The van der Waals surface area contributed by atoms with Crippen molar-refractivity contribution in [3.05, 3.63) is 66.0 Å². The van der Waals surface area contributed by atoms with Crippen molar-refractivity contribution in [3.8, 4) is 5.75 Å². The molecule has 5 heteroatoms. The van der Waals surface area contributed by atoms with Gasteiger partial charge in [0, 0.05) is 19.2 Å². The maximum absolute atomic E-state index is 11.1. The van der Waals surface area contributed by atoms with Crippen LogP contribution in [0.1, 0.15) is 25.1 Å². The molecule has 1 aromatic carbocycles. The average molecular weight is 341 g/mol. The van der Waals surface area contributed by atoms with Gasteiger partial charge in [-0.05, 0) is 55.3 Å². The van der Waals surface area contributed by atoms with E-state index in [9.17, 15) is 4.79 Å². The summed E-state index contributed by atoms with van der Waals surface area (Å²) in [6, 6.07) is 13.2. The molecule has 0 amide bonds. The zero-order chi connectivity index (χ0) is 18.1. The molecule has 0 aliphatic heterocycles. The van der Waals surface area contributed by atoms with E-state index in [1.165, 1.54) is 0 Å². The normalized spacial score (nSPS) is 12.6. The van der Waals surface area contributed by atoms with Crippen molar-refractivity contribution in [2.45, 2.75) is 26.4 Å². The lowest BCUT2D eigenvalue weighted by Gasteiger charge is -2.12. The predicted octanol–water partition coefficient (Wildman–Crippen LogP) is 3.60. The van der Waals surface area contributed by atoms with Gasteiger partial charge in [0.15, 0.2) is 6.10 Å². The highest BCUT2D eigenvalue weighted by atomic mass is 16.5. The summed E-state index contributed by atoms with van der Waals surface area (Å²) in [7, 11) is 0. The molecule has 0 unspecified atom stereocenters. The second-order valence-electron chi connectivity index (χ2n) is 5.54. The number of carboxylic acid groups (broad SMARTS) is 1. The van der Waals surface area contributed by atoms with Crippen LogP contribution in [-0.4, -0.2) is 35.4 Å². The van der Waals surface area contributed by atoms with E-state index in [1.807, 2.05) is 55.5 Å². The first-order valence-electron chi connectivity index (χ1n) is 8.24. The maximum Gasteiger partial charge on any atom is 0.333 e. The summed E-state index contributed by atoms with van der Waals surface area (Å²) < 4.78 is 10.9. The van der Waals surface area contributed by atoms with E-state index in [1.54, 1.807) is 13.1 Å². The summed E-state index contributed by atoms with van der Waals surface area (Å²) in [6.07, 6.45) is 3.26. The van der Waals surface area contributed by atoms with Crippen LogP contribution >= 0.6 is 0 Å². The number of aromatic nitrogens is 1. The highest BCUT2D eigenvalue weighted by molar-refractivity contribution is 5.72. The van der Waals surface area contributed by atoms with E-state index >= 15 is 0 Å². The minimum absolute atomic E-state index is 0.335.